The molecular weight excluding hydrogens is 487 g/mol. The van der Waals surface area contributed by atoms with Gasteiger partial charge in [0.15, 0.2) is 0 Å². The third-order valence-corrected chi connectivity index (χ3v) is 9.07. The number of alkyl halides is 1. The van der Waals surface area contributed by atoms with Crippen molar-refractivity contribution in [1.29, 1.82) is 5.26 Å². The molecule has 2 aliphatic heterocycles. The lowest BCUT2D eigenvalue weighted by Crippen LogP contribution is -2.34. The summed E-state index contributed by atoms with van der Waals surface area (Å²) in [6.45, 7) is 14.5. The van der Waals surface area contributed by atoms with Gasteiger partial charge in [0.2, 0.25) is 0 Å². The van der Waals surface area contributed by atoms with E-state index in [1.165, 1.54) is 24.0 Å². The molecule has 1 aromatic carbocycles. The molecule has 3 aliphatic rings. The van der Waals surface area contributed by atoms with E-state index in [4.69, 9.17) is 15.7 Å². The molecule has 3 heterocycles. The van der Waals surface area contributed by atoms with Crippen LogP contribution in [0.15, 0.2) is 12.1 Å². The van der Waals surface area contributed by atoms with Gasteiger partial charge in [-0.15, -0.1) is 0 Å². The quantitative estimate of drug-likeness (QED) is 0.429. The summed E-state index contributed by atoms with van der Waals surface area (Å²) in [7, 11) is 0. The Balaban J connectivity index is 0.000000292. The maximum Gasteiger partial charge on any atom is 0.135 e. The Morgan fingerprint density at radius 1 is 1.21 bits per heavy atom. The molecule has 3 unspecified atom stereocenters. The van der Waals surface area contributed by atoms with Gasteiger partial charge in [0.25, 0.3) is 0 Å². The van der Waals surface area contributed by atoms with Crippen molar-refractivity contribution >= 4 is 11.5 Å². The number of hydrogen-bond donors (Lipinski definition) is 1. The molecule has 0 saturated carbocycles. The SMILES string of the molecule is CC12CCCN1CC(F)C2.CCCc1ccc(N)c(C#N)c1C1CCc2c(nc(CC)nc2N(CC)CC)C1. The van der Waals surface area contributed by atoms with Gasteiger partial charge in [-0.2, -0.15) is 5.26 Å². The van der Waals surface area contributed by atoms with Crippen LogP contribution in [-0.4, -0.2) is 52.8 Å². The molecule has 1 aliphatic carbocycles. The molecule has 5 rings (SSSR count). The normalized spacial score (nSPS) is 23.9. The van der Waals surface area contributed by atoms with Crippen molar-refractivity contribution < 1.29 is 4.39 Å². The van der Waals surface area contributed by atoms with Gasteiger partial charge in [-0.3, -0.25) is 4.90 Å². The Morgan fingerprint density at radius 3 is 2.62 bits per heavy atom. The fraction of sp³-hybridized carbons (Fsp3) is 0.656. The first-order chi connectivity index (χ1) is 18.8. The number of benzene rings is 1. The lowest BCUT2D eigenvalue weighted by atomic mass is 9.78. The van der Waals surface area contributed by atoms with Crippen LogP contribution < -0.4 is 10.6 Å². The van der Waals surface area contributed by atoms with E-state index in [1.54, 1.807) is 0 Å². The third kappa shape index (κ3) is 6.06. The summed E-state index contributed by atoms with van der Waals surface area (Å²) in [5, 5.41) is 9.82. The van der Waals surface area contributed by atoms with E-state index in [0.717, 1.165) is 87.5 Å². The lowest BCUT2D eigenvalue weighted by Gasteiger charge is -2.31. The Labute approximate surface area is 234 Å². The first kappa shape index (κ1) is 29.3. The number of nitrogens with zero attached hydrogens (tertiary/aromatic N) is 5. The van der Waals surface area contributed by atoms with Crippen molar-refractivity contribution in [3.05, 3.63) is 45.9 Å². The molecule has 0 bridgehead atoms. The molecule has 6 nitrogen and oxygen atoms in total. The number of aryl methyl sites for hydroxylation is 2. The zero-order valence-electron chi connectivity index (χ0n) is 24.7. The van der Waals surface area contributed by atoms with Crippen LogP contribution in [0.1, 0.15) is 106 Å². The standard InChI is InChI=1S/C24H33N5.C8H14FN/c1-5-9-16-11-13-20(26)19(15-25)23(16)17-10-12-18-21(14-17)27-22(6-2)28-24(18)29(7-3)8-4;1-8-3-2-4-10(8)6-7(9)5-8/h11,13,17H,5-10,12,14,26H2,1-4H3;7H,2-6H2,1H3. The highest BCUT2D eigenvalue weighted by molar-refractivity contribution is 5.62. The minimum atomic E-state index is -0.551. The number of nitrogens with two attached hydrogens (primary N) is 1. The number of nitrogen functional groups attached to an aromatic ring is 1. The number of aromatic nitrogens is 2. The van der Waals surface area contributed by atoms with Crippen molar-refractivity contribution in [2.45, 2.75) is 110 Å². The lowest BCUT2D eigenvalue weighted by molar-refractivity contribution is 0.217. The monoisotopic (exact) mass is 534 g/mol. The summed E-state index contributed by atoms with van der Waals surface area (Å²) in [5.41, 5.74) is 12.5. The average molecular weight is 535 g/mol. The predicted octanol–water partition coefficient (Wildman–Crippen LogP) is 6.15. The maximum absolute atomic E-state index is 12.8. The van der Waals surface area contributed by atoms with Gasteiger partial charge in [0, 0.05) is 42.8 Å². The second kappa shape index (κ2) is 12.6. The Morgan fingerprint density at radius 2 is 1.97 bits per heavy atom. The van der Waals surface area contributed by atoms with E-state index in [1.807, 2.05) is 6.07 Å². The topological polar surface area (TPSA) is 82.1 Å². The number of halogens is 1. The number of anilines is 2. The van der Waals surface area contributed by atoms with Crippen LogP contribution in [0.3, 0.4) is 0 Å². The molecule has 0 amide bonds. The van der Waals surface area contributed by atoms with Gasteiger partial charge < -0.3 is 10.6 Å². The van der Waals surface area contributed by atoms with Crippen LogP contribution >= 0.6 is 0 Å². The molecule has 212 valence electrons. The fourth-order valence-corrected chi connectivity index (χ4v) is 7.00. The summed E-state index contributed by atoms with van der Waals surface area (Å²) < 4.78 is 12.8. The number of rotatable bonds is 7. The molecule has 39 heavy (non-hydrogen) atoms. The first-order valence-corrected chi connectivity index (χ1v) is 15.1. The van der Waals surface area contributed by atoms with Crippen LogP contribution in [0.4, 0.5) is 15.9 Å². The molecule has 0 spiro atoms. The Hall–Kier alpha value is -2.72. The van der Waals surface area contributed by atoms with Crippen LogP contribution in [0.25, 0.3) is 0 Å². The van der Waals surface area contributed by atoms with Gasteiger partial charge >= 0.3 is 0 Å². The molecule has 2 saturated heterocycles. The van der Waals surface area contributed by atoms with E-state index in [-0.39, 0.29) is 11.5 Å². The van der Waals surface area contributed by atoms with Crippen LogP contribution in [0.5, 0.6) is 0 Å². The van der Waals surface area contributed by atoms with E-state index in [0.29, 0.717) is 17.8 Å². The van der Waals surface area contributed by atoms with Crippen LogP contribution in [0.2, 0.25) is 0 Å². The highest BCUT2D eigenvalue weighted by atomic mass is 19.1. The van der Waals surface area contributed by atoms with E-state index in [9.17, 15) is 9.65 Å². The molecule has 3 atom stereocenters. The zero-order valence-corrected chi connectivity index (χ0v) is 24.7. The van der Waals surface area contributed by atoms with E-state index < -0.39 is 6.17 Å². The number of hydrogen-bond acceptors (Lipinski definition) is 6. The van der Waals surface area contributed by atoms with Crippen LogP contribution in [0, 0.1) is 11.3 Å². The second-order valence-electron chi connectivity index (χ2n) is 11.7. The highest BCUT2D eigenvalue weighted by Crippen LogP contribution is 2.40. The Bertz CT molecular complexity index is 1190. The van der Waals surface area contributed by atoms with E-state index >= 15 is 0 Å². The molecule has 7 heteroatoms. The average Bonchev–Trinajstić information content (AvgIpc) is 3.42. The number of nitriles is 1. The van der Waals surface area contributed by atoms with Gasteiger partial charge in [0.05, 0.1) is 11.3 Å². The molecular formula is C32H47FN6. The molecule has 0 radical (unpaired) electrons. The van der Waals surface area contributed by atoms with Crippen molar-refractivity contribution in [2.75, 3.05) is 36.8 Å². The number of fused-ring (bicyclic) bond motifs is 2. The van der Waals surface area contributed by atoms with Gasteiger partial charge in [-0.1, -0.05) is 26.3 Å². The third-order valence-electron chi connectivity index (χ3n) is 9.07. The molecule has 2 aromatic rings. The molecule has 2 fully saturated rings. The van der Waals surface area contributed by atoms with Crippen molar-refractivity contribution in [2.24, 2.45) is 0 Å². The fourth-order valence-electron chi connectivity index (χ4n) is 7.00. The minimum Gasteiger partial charge on any atom is -0.398 e. The molecule has 2 N–H and O–H groups in total. The summed E-state index contributed by atoms with van der Waals surface area (Å²) in [6.07, 6.45) is 8.35. The molecule has 1 aromatic heterocycles. The predicted molar refractivity (Wildman–Crippen MR) is 158 cm³/mol. The summed E-state index contributed by atoms with van der Waals surface area (Å²) in [4.78, 5) is 14.4. The van der Waals surface area contributed by atoms with Crippen molar-refractivity contribution in [3.8, 4) is 6.07 Å². The summed E-state index contributed by atoms with van der Waals surface area (Å²) in [6, 6.07) is 6.39. The Kier molecular flexibility index (Phi) is 9.48. The smallest absolute Gasteiger partial charge is 0.135 e. The summed E-state index contributed by atoms with van der Waals surface area (Å²) in [5.74, 6) is 2.30. The highest BCUT2D eigenvalue weighted by Gasteiger charge is 2.44. The zero-order chi connectivity index (χ0) is 28.2. The largest absolute Gasteiger partial charge is 0.398 e. The van der Waals surface area contributed by atoms with Gasteiger partial charge in [0.1, 0.15) is 23.9 Å². The van der Waals surface area contributed by atoms with Crippen molar-refractivity contribution in [1.82, 2.24) is 14.9 Å². The maximum atomic E-state index is 12.8. The van der Waals surface area contributed by atoms with E-state index in [2.05, 4.69) is 56.6 Å². The van der Waals surface area contributed by atoms with Crippen LogP contribution in [-0.2, 0) is 25.7 Å². The minimum absolute atomic E-state index is 0.236. The second-order valence-corrected chi connectivity index (χ2v) is 11.7. The van der Waals surface area contributed by atoms with Gasteiger partial charge in [-0.05, 0) is 95.4 Å². The summed E-state index contributed by atoms with van der Waals surface area (Å²) >= 11 is 0. The van der Waals surface area contributed by atoms with Crippen molar-refractivity contribution in [3.63, 3.8) is 0 Å². The first-order valence-electron chi connectivity index (χ1n) is 15.1. The van der Waals surface area contributed by atoms with Gasteiger partial charge in [-0.25, -0.2) is 14.4 Å².